The van der Waals surface area contributed by atoms with Gasteiger partial charge in [-0.15, -0.1) is 0 Å². The highest BCUT2D eigenvalue weighted by molar-refractivity contribution is 6.31. The van der Waals surface area contributed by atoms with Gasteiger partial charge in [-0.05, 0) is 38.0 Å². The van der Waals surface area contributed by atoms with E-state index < -0.39 is 11.9 Å². The molecular formula is C21H24ClN5O5. The lowest BCUT2D eigenvalue weighted by atomic mass is 9.81. The van der Waals surface area contributed by atoms with Crippen LogP contribution in [0.25, 0.3) is 0 Å². The molecule has 1 saturated carbocycles. The maximum absolute atomic E-state index is 13.3. The summed E-state index contributed by atoms with van der Waals surface area (Å²) in [6, 6.07) is 4.01. The lowest BCUT2D eigenvalue weighted by Gasteiger charge is -2.46. The third-order valence-corrected chi connectivity index (χ3v) is 6.04. The van der Waals surface area contributed by atoms with Crippen molar-refractivity contribution >= 4 is 35.1 Å². The Morgan fingerprint density at radius 3 is 2.81 bits per heavy atom. The van der Waals surface area contributed by atoms with Crippen LogP contribution in [0.5, 0.6) is 5.75 Å². The number of imide groups is 1. The molecule has 1 N–H and O–H groups in total. The molecule has 0 bridgehead atoms. The number of rotatable bonds is 6. The zero-order valence-electron chi connectivity index (χ0n) is 17.8. The third kappa shape index (κ3) is 4.40. The van der Waals surface area contributed by atoms with Crippen molar-refractivity contribution in [2.24, 2.45) is 5.92 Å². The van der Waals surface area contributed by atoms with Gasteiger partial charge in [0.25, 0.3) is 0 Å². The van der Waals surface area contributed by atoms with Crippen molar-refractivity contribution in [2.75, 3.05) is 19.0 Å². The monoisotopic (exact) mass is 461 g/mol. The number of carbonyl (C=O) groups is 3. The van der Waals surface area contributed by atoms with E-state index in [1.165, 1.54) is 12.0 Å². The molecule has 4 rings (SSSR count). The molecule has 1 aliphatic carbocycles. The van der Waals surface area contributed by atoms with Crippen LogP contribution in [0.1, 0.15) is 37.4 Å². The number of carbonyl (C=O) groups excluding carboxylic acids is 3. The molecule has 0 spiro atoms. The number of anilines is 1. The minimum Gasteiger partial charge on any atom is -0.495 e. The molecule has 1 aliphatic heterocycles. The predicted octanol–water partition coefficient (Wildman–Crippen LogP) is 3.00. The number of hydrogen-bond donors (Lipinski definition) is 1. The van der Waals surface area contributed by atoms with Crippen LogP contribution in [0.15, 0.2) is 22.7 Å². The fourth-order valence-corrected chi connectivity index (χ4v) is 4.53. The van der Waals surface area contributed by atoms with Gasteiger partial charge >= 0.3 is 6.03 Å². The van der Waals surface area contributed by atoms with Gasteiger partial charge in [0.1, 0.15) is 18.8 Å². The molecule has 2 aromatic rings. The van der Waals surface area contributed by atoms with Crippen LogP contribution in [0.3, 0.4) is 0 Å². The van der Waals surface area contributed by atoms with Crippen LogP contribution >= 0.6 is 11.6 Å². The van der Waals surface area contributed by atoms with E-state index in [9.17, 15) is 14.4 Å². The Morgan fingerprint density at radius 1 is 1.31 bits per heavy atom. The third-order valence-electron chi connectivity index (χ3n) is 5.80. The van der Waals surface area contributed by atoms with Crippen molar-refractivity contribution in [3.05, 3.63) is 34.9 Å². The summed E-state index contributed by atoms with van der Waals surface area (Å²) in [5, 5.41) is 6.91. The zero-order valence-corrected chi connectivity index (χ0v) is 18.6. The van der Waals surface area contributed by atoms with Crippen LogP contribution < -0.4 is 10.1 Å². The van der Waals surface area contributed by atoms with E-state index in [0.717, 1.165) is 17.7 Å². The Morgan fingerprint density at radius 2 is 2.09 bits per heavy atom. The van der Waals surface area contributed by atoms with Gasteiger partial charge in [0, 0.05) is 11.1 Å². The van der Waals surface area contributed by atoms with E-state index in [2.05, 4.69) is 15.5 Å². The Bertz CT molecular complexity index is 1040. The number of urea groups is 1. The summed E-state index contributed by atoms with van der Waals surface area (Å²) in [4.78, 5) is 45.9. The number of nitrogens with one attached hydrogen (secondary N) is 1. The summed E-state index contributed by atoms with van der Waals surface area (Å²) in [6.45, 7) is 1.33. The maximum atomic E-state index is 13.3. The van der Waals surface area contributed by atoms with Gasteiger partial charge in [-0.2, -0.15) is 4.98 Å². The Labute approximate surface area is 189 Å². The number of benzene rings is 1. The van der Waals surface area contributed by atoms with Crippen LogP contribution in [0.2, 0.25) is 5.02 Å². The van der Waals surface area contributed by atoms with Crippen molar-refractivity contribution in [3.63, 3.8) is 0 Å². The van der Waals surface area contributed by atoms with E-state index in [4.69, 9.17) is 20.9 Å². The number of hydrogen-bond acceptors (Lipinski definition) is 7. The predicted molar refractivity (Wildman–Crippen MR) is 114 cm³/mol. The van der Waals surface area contributed by atoms with E-state index in [-0.39, 0.29) is 36.8 Å². The second kappa shape index (κ2) is 9.15. The lowest BCUT2D eigenvalue weighted by molar-refractivity contribution is -0.142. The van der Waals surface area contributed by atoms with E-state index >= 15 is 0 Å². The molecular weight excluding hydrogens is 438 g/mol. The van der Waals surface area contributed by atoms with Crippen molar-refractivity contribution in [1.82, 2.24) is 19.9 Å². The van der Waals surface area contributed by atoms with Crippen LogP contribution in [-0.2, 0) is 16.1 Å². The Hall–Kier alpha value is -3.14. The second-order valence-electron chi connectivity index (χ2n) is 7.92. The lowest BCUT2D eigenvalue weighted by Crippen LogP contribution is -2.63. The molecule has 1 saturated heterocycles. The van der Waals surface area contributed by atoms with Crippen LogP contribution in [-0.4, -0.2) is 57.5 Å². The number of halogens is 1. The standard InChI is InChI=1S/C21H24ClN5O5/c1-12-23-19(32-25-12)11-27-20(29)14-5-3-4-6-16(14)26(21(27)30)10-18(28)24-15-9-13(22)7-8-17(15)31-2/h7-9,14,16H,3-6,10-11H2,1-2H3,(H,24,28). The normalized spacial score (nSPS) is 20.8. The molecule has 2 unspecified atom stereocenters. The first kappa shape index (κ1) is 22.1. The fourth-order valence-electron chi connectivity index (χ4n) is 4.36. The quantitative estimate of drug-likeness (QED) is 0.702. The van der Waals surface area contributed by atoms with Gasteiger partial charge < -0.3 is 19.5 Å². The number of nitrogens with zero attached hydrogens (tertiary/aromatic N) is 4. The first-order chi connectivity index (χ1) is 15.4. The van der Waals surface area contributed by atoms with Gasteiger partial charge in [-0.3, -0.25) is 14.5 Å². The smallest absolute Gasteiger partial charge is 0.327 e. The van der Waals surface area contributed by atoms with Crippen molar-refractivity contribution in [2.45, 2.75) is 45.2 Å². The molecule has 4 amide bonds. The average molecular weight is 462 g/mol. The minimum atomic E-state index is -0.540. The molecule has 32 heavy (non-hydrogen) atoms. The number of methoxy groups -OCH3 is 1. The van der Waals surface area contributed by atoms with E-state index in [0.29, 0.717) is 35.1 Å². The summed E-state index contributed by atoms with van der Waals surface area (Å²) in [5.41, 5.74) is 0.406. The highest BCUT2D eigenvalue weighted by Crippen LogP contribution is 2.35. The summed E-state index contributed by atoms with van der Waals surface area (Å²) in [6.07, 6.45) is 3.12. The molecule has 2 atom stereocenters. The molecule has 170 valence electrons. The Balaban J connectivity index is 1.55. The topological polar surface area (TPSA) is 118 Å². The van der Waals surface area contributed by atoms with Crippen molar-refractivity contribution in [3.8, 4) is 5.75 Å². The largest absolute Gasteiger partial charge is 0.495 e. The van der Waals surface area contributed by atoms with Gasteiger partial charge in [0.05, 0.1) is 18.7 Å². The first-order valence-electron chi connectivity index (χ1n) is 10.4. The van der Waals surface area contributed by atoms with Gasteiger partial charge in [0.15, 0.2) is 5.82 Å². The number of aromatic nitrogens is 2. The second-order valence-corrected chi connectivity index (χ2v) is 8.36. The SMILES string of the molecule is COc1ccc(Cl)cc1NC(=O)CN1C(=O)N(Cc2nc(C)no2)C(=O)C2CCCCC21. The van der Waals surface area contributed by atoms with Crippen LogP contribution in [0, 0.1) is 12.8 Å². The van der Waals surface area contributed by atoms with Crippen molar-refractivity contribution in [1.29, 1.82) is 0 Å². The zero-order chi connectivity index (χ0) is 22.8. The van der Waals surface area contributed by atoms with Gasteiger partial charge in [0.2, 0.25) is 17.7 Å². The molecule has 1 aromatic carbocycles. The molecule has 1 aromatic heterocycles. The molecule has 10 nitrogen and oxygen atoms in total. The van der Waals surface area contributed by atoms with Crippen molar-refractivity contribution < 1.29 is 23.6 Å². The summed E-state index contributed by atoms with van der Waals surface area (Å²) in [7, 11) is 1.49. The maximum Gasteiger partial charge on any atom is 0.327 e. The Kier molecular flexibility index (Phi) is 6.31. The van der Waals surface area contributed by atoms with E-state index in [1.807, 2.05) is 0 Å². The summed E-state index contributed by atoms with van der Waals surface area (Å²) >= 11 is 6.04. The number of aryl methyl sites for hydroxylation is 1. The minimum absolute atomic E-state index is 0.123. The summed E-state index contributed by atoms with van der Waals surface area (Å²) < 4.78 is 10.4. The van der Waals surface area contributed by atoms with E-state index in [1.54, 1.807) is 25.1 Å². The number of amides is 4. The number of ether oxygens (including phenoxy) is 1. The highest BCUT2D eigenvalue weighted by atomic mass is 35.5. The molecule has 2 aliphatic rings. The molecule has 2 heterocycles. The molecule has 2 fully saturated rings. The average Bonchev–Trinajstić information content (AvgIpc) is 3.19. The highest BCUT2D eigenvalue weighted by Gasteiger charge is 2.47. The fraction of sp³-hybridized carbons (Fsp3) is 0.476. The number of fused-ring (bicyclic) bond motifs is 1. The summed E-state index contributed by atoms with van der Waals surface area (Å²) in [5.74, 6) is 0.00591. The van der Waals surface area contributed by atoms with Gasteiger partial charge in [-0.1, -0.05) is 29.6 Å². The van der Waals surface area contributed by atoms with Gasteiger partial charge in [-0.25, -0.2) is 4.79 Å². The molecule has 0 radical (unpaired) electrons. The first-order valence-corrected chi connectivity index (χ1v) is 10.8. The molecule has 11 heteroatoms. The van der Waals surface area contributed by atoms with Crippen LogP contribution in [0.4, 0.5) is 10.5 Å².